The first kappa shape index (κ1) is 16.7. The molecule has 6 heteroatoms. The van der Waals surface area contributed by atoms with Gasteiger partial charge < -0.3 is 5.11 Å². The number of aliphatic imine (C=N–C) groups is 1. The number of aromatic hydroxyl groups is 1. The topological polar surface area (TPSA) is 70.4 Å². The molecule has 3 atom stereocenters. The van der Waals surface area contributed by atoms with Crippen LogP contribution in [-0.2, 0) is 6.54 Å². The molecule has 0 bridgehead atoms. The first-order valence-corrected chi connectivity index (χ1v) is 8.06. The molecular formula is C16H23N3O2S. The lowest BCUT2D eigenvalue weighted by atomic mass is 9.78. The van der Waals surface area contributed by atoms with Crippen LogP contribution in [0.15, 0.2) is 22.4 Å². The van der Waals surface area contributed by atoms with Crippen molar-refractivity contribution in [3.8, 4) is 5.88 Å². The molecule has 22 heavy (non-hydrogen) atoms. The number of rotatable bonds is 4. The van der Waals surface area contributed by atoms with E-state index in [1.165, 1.54) is 17.2 Å². The van der Waals surface area contributed by atoms with Gasteiger partial charge in [-0.25, -0.2) is 0 Å². The van der Waals surface area contributed by atoms with Gasteiger partial charge in [-0.15, -0.1) is 6.58 Å². The Kier molecular flexibility index (Phi) is 5.34. The summed E-state index contributed by atoms with van der Waals surface area (Å²) in [6, 6.07) is 0.193. The van der Waals surface area contributed by atoms with E-state index in [-0.39, 0.29) is 22.3 Å². The Hall–Kier alpha value is -1.69. The molecule has 0 aromatic carbocycles. The van der Waals surface area contributed by atoms with Crippen LogP contribution in [0.3, 0.4) is 0 Å². The molecule has 2 rings (SSSR count). The van der Waals surface area contributed by atoms with Gasteiger partial charge in [-0.1, -0.05) is 32.8 Å². The molecule has 0 amide bonds. The zero-order chi connectivity index (χ0) is 16.3. The molecule has 1 heterocycles. The SMILES string of the molecule is C=CCn1c(O)c(C=N[C@H]2CCC[C@@H](C)[C@@H]2C)c(=O)[nH]c1=S. The van der Waals surface area contributed by atoms with Crippen LogP contribution in [0.5, 0.6) is 5.88 Å². The Morgan fingerprint density at radius 1 is 1.50 bits per heavy atom. The van der Waals surface area contributed by atoms with Crippen molar-refractivity contribution in [2.24, 2.45) is 16.8 Å². The van der Waals surface area contributed by atoms with Gasteiger partial charge in [0.15, 0.2) is 4.77 Å². The predicted octanol–water partition coefficient (Wildman–Crippen LogP) is 3.04. The van der Waals surface area contributed by atoms with Crippen LogP contribution >= 0.6 is 12.2 Å². The maximum Gasteiger partial charge on any atom is 0.264 e. The lowest BCUT2D eigenvalue weighted by molar-refractivity contribution is 0.242. The van der Waals surface area contributed by atoms with E-state index in [1.54, 1.807) is 6.08 Å². The van der Waals surface area contributed by atoms with E-state index in [2.05, 4.69) is 30.4 Å². The number of nitrogens with zero attached hydrogens (tertiary/aromatic N) is 2. The van der Waals surface area contributed by atoms with Gasteiger partial charge in [0, 0.05) is 12.8 Å². The van der Waals surface area contributed by atoms with Crippen LogP contribution in [0.2, 0.25) is 0 Å². The van der Waals surface area contributed by atoms with E-state index in [9.17, 15) is 9.90 Å². The highest BCUT2D eigenvalue weighted by Crippen LogP contribution is 2.31. The summed E-state index contributed by atoms with van der Waals surface area (Å²) in [6.07, 6.45) is 6.49. The monoisotopic (exact) mass is 321 g/mol. The minimum Gasteiger partial charge on any atom is -0.494 e. The van der Waals surface area contributed by atoms with Gasteiger partial charge in [-0.2, -0.15) is 0 Å². The van der Waals surface area contributed by atoms with Crippen molar-refractivity contribution in [3.63, 3.8) is 0 Å². The molecule has 1 aliphatic rings. The van der Waals surface area contributed by atoms with E-state index in [4.69, 9.17) is 12.2 Å². The van der Waals surface area contributed by atoms with Crippen LogP contribution < -0.4 is 5.56 Å². The second-order valence-electron chi connectivity index (χ2n) is 6.01. The molecule has 0 saturated heterocycles. The van der Waals surface area contributed by atoms with E-state index in [1.807, 2.05) is 0 Å². The molecule has 0 unspecified atom stereocenters. The Morgan fingerprint density at radius 2 is 2.23 bits per heavy atom. The minimum atomic E-state index is -0.414. The smallest absolute Gasteiger partial charge is 0.264 e. The minimum absolute atomic E-state index is 0.154. The molecule has 120 valence electrons. The highest BCUT2D eigenvalue weighted by Gasteiger charge is 2.26. The summed E-state index contributed by atoms with van der Waals surface area (Å²) >= 11 is 5.05. The van der Waals surface area contributed by atoms with Crippen LogP contribution in [0, 0.1) is 16.6 Å². The molecule has 1 saturated carbocycles. The van der Waals surface area contributed by atoms with Crippen molar-refractivity contribution < 1.29 is 5.11 Å². The van der Waals surface area contributed by atoms with Gasteiger partial charge in [-0.05, 0) is 30.5 Å². The fourth-order valence-electron chi connectivity index (χ4n) is 2.92. The number of hydrogen-bond donors (Lipinski definition) is 2. The van der Waals surface area contributed by atoms with Crippen LogP contribution in [-0.4, -0.2) is 26.9 Å². The van der Waals surface area contributed by atoms with E-state index in [0.717, 1.165) is 12.8 Å². The zero-order valence-corrected chi connectivity index (χ0v) is 13.9. The molecule has 1 aliphatic carbocycles. The van der Waals surface area contributed by atoms with E-state index in [0.29, 0.717) is 18.4 Å². The molecule has 0 spiro atoms. The second-order valence-corrected chi connectivity index (χ2v) is 6.40. The number of hydrogen-bond acceptors (Lipinski definition) is 4. The number of nitrogens with one attached hydrogen (secondary N) is 1. The summed E-state index contributed by atoms with van der Waals surface area (Å²) in [6.45, 7) is 8.39. The zero-order valence-electron chi connectivity index (χ0n) is 13.1. The molecule has 1 aromatic rings. The van der Waals surface area contributed by atoms with Crippen LogP contribution in [0.1, 0.15) is 38.7 Å². The number of H-pyrrole nitrogens is 1. The fraction of sp³-hybridized carbons (Fsp3) is 0.562. The summed E-state index contributed by atoms with van der Waals surface area (Å²) < 4.78 is 1.61. The Bertz CT molecular complexity index is 690. The largest absolute Gasteiger partial charge is 0.494 e. The van der Waals surface area contributed by atoms with E-state index < -0.39 is 5.56 Å². The molecule has 1 fully saturated rings. The van der Waals surface area contributed by atoms with Crippen molar-refractivity contribution in [2.45, 2.75) is 45.7 Å². The quantitative estimate of drug-likeness (QED) is 0.509. The predicted molar refractivity (Wildman–Crippen MR) is 91.3 cm³/mol. The first-order chi connectivity index (χ1) is 10.5. The fourth-order valence-corrected chi connectivity index (χ4v) is 3.18. The van der Waals surface area contributed by atoms with Gasteiger partial charge in [0.05, 0.1) is 6.04 Å². The number of aromatic amines is 1. The highest BCUT2D eigenvalue weighted by molar-refractivity contribution is 7.71. The van der Waals surface area contributed by atoms with Crippen molar-refractivity contribution in [1.29, 1.82) is 0 Å². The average Bonchev–Trinajstić information content (AvgIpc) is 2.47. The second kappa shape index (κ2) is 7.05. The van der Waals surface area contributed by atoms with Crippen molar-refractivity contribution in [1.82, 2.24) is 9.55 Å². The van der Waals surface area contributed by atoms with Crippen molar-refractivity contribution in [3.05, 3.63) is 33.3 Å². The Labute approximate surface area is 135 Å². The maximum atomic E-state index is 12.0. The van der Waals surface area contributed by atoms with E-state index >= 15 is 0 Å². The maximum absolute atomic E-state index is 12.0. The van der Waals surface area contributed by atoms with Gasteiger partial charge in [0.2, 0.25) is 5.88 Å². The third-order valence-corrected chi connectivity index (χ3v) is 4.90. The van der Waals surface area contributed by atoms with Crippen molar-refractivity contribution >= 4 is 18.4 Å². The summed E-state index contributed by atoms with van der Waals surface area (Å²) in [5.41, 5.74) is -0.260. The third kappa shape index (κ3) is 3.38. The van der Waals surface area contributed by atoms with Gasteiger partial charge >= 0.3 is 0 Å². The summed E-state index contributed by atoms with van der Waals surface area (Å²) in [5, 5.41) is 10.3. The Morgan fingerprint density at radius 3 is 2.91 bits per heavy atom. The molecular weight excluding hydrogens is 298 g/mol. The number of aromatic nitrogens is 2. The normalized spacial score (nSPS) is 25.5. The van der Waals surface area contributed by atoms with Gasteiger partial charge in [0.25, 0.3) is 5.56 Å². The molecule has 5 nitrogen and oxygen atoms in total. The summed E-state index contributed by atoms with van der Waals surface area (Å²) in [7, 11) is 0. The third-order valence-electron chi connectivity index (χ3n) is 4.58. The Balaban J connectivity index is 2.35. The van der Waals surface area contributed by atoms with Crippen molar-refractivity contribution in [2.75, 3.05) is 0 Å². The molecule has 2 N–H and O–H groups in total. The molecule has 0 aliphatic heterocycles. The number of allylic oxidation sites excluding steroid dienone is 1. The molecule has 0 radical (unpaired) electrons. The van der Waals surface area contributed by atoms with Gasteiger partial charge in [-0.3, -0.25) is 19.3 Å². The standard InChI is InChI=1S/C16H23N3O2S/c1-4-8-19-15(21)12(14(20)18-16(19)22)9-17-13-7-5-6-10(2)11(13)3/h4,9-11,13,21H,1,5-8H2,2-3H3,(H,18,20,22)/t10-,11+,13+/m1/s1. The summed E-state index contributed by atoms with van der Waals surface area (Å²) in [5.74, 6) is 0.946. The van der Waals surface area contributed by atoms with Crippen LogP contribution in [0.4, 0.5) is 0 Å². The highest BCUT2D eigenvalue weighted by atomic mass is 32.1. The first-order valence-electron chi connectivity index (χ1n) is 7.65. The van der Waals surface area contributed by atoms with Crippen LogP contribution in [0.25, 0.3) is 0 Å². The van der Waals surface area contributed by atoms with Gasteiger partial charge in [0.1, 0.15) is 5.56 Å². The average molecular weight is 321 g/mol. The lowest BCUT2D eigenvalue weighted by Gasteiger charge is -2.31. The lowest BCUT2D eigenvalue weighted by Crippen LogP contribution is -2.28. The summed E-state index contributed by atoms with van der Waals surface area (Å²) in [4.78, 5) is 19.1. The molecule has 1 aromatic heterocycles.